The Morgan fingerprint density at radius 2 is 1.92 bits per heavy atom. The summed E-state index contributed by atoms with van der Waals surface area (Å²) in [6, 6.07) is 6.08. The van der Waals surface area contributed by atoms with Crippen LogP contribution in [0.4, 0.5) is 15.2 Å². The predicted molar refractivity (Wildman–Crippen MR) is 94.8 cm³/mol. The van der Waals surface area contributed by atoms with Crippen LogP contribution in [0.5, 0.6) is 0 Å². The average molecular weight is 348 g/mol. The molecule has 1 aliphatic rings. The molecule has 0 radical (unpaired) electrons. The third kappa shape index (κ3) is 4.17. The third-order valence-electron chi connectivity index (χ3n) is 4.11. The Morgan fingerprint density at radius 1 is 1.25 bits per heavy atom. The van der Waals surface area contributed by atoms with E-state index in [0.717, 1.165) is 37.6 Å². The van der Waals surface area contributed by atoms with Crippen LogP contribution in [0, 0.1) is 12.7 Å². The largest absolute Gasteiger partial charge is 0.332 e. The van der Waals surface area contributed by atoms with Gasteiger partial charge in [0.05, 0.1) is 17.1 Å². The van der Waals surface area contributed by atoms with Crippen LogP contribution in [-0.2, 0) is 0 Å². The zero-order chi connectivity index (χ0) is 17.1. The van der Waals surface area contributed by atoms with Crippen LogP contribution in [0.15, 0.2) is 24.3 Å². The van der Waals surface area contributed by atoms with Gasteiger partial charge < -0.3 is 10.2 Å². The van der Waals surface area contributed by atoms with Crippen molar-refractivity contribution in [1.29, 1.82) is 0 Å². The third-order valence-corrected chi connectivity index (χ3v) is 5.22. The molecular weight excluding hydrogens is 327 g/mol. The van der Waals surface area contributed by atoms with E-state index in [1.165, 1.54) is 23.5 Å². The summed E-state index contributed by atoms with van der Waals surface area (Å²) in [6.45, 7) is 6.11. The first-order valence-corrected chi connectivity index (χ1v) is 8.77. The molecule has 0 bridgehead atoms. The summed E-state index contributed by atoms with van der Waals surface area (Å²) in [4.78, 5) is 22.1. The van der Waals surface area contributed by atoms with Gasteiger partial charge in [0.15, 0.2) is 10.9 Å². The second-order valence-electron chi connectivity index (χ2n) is 6.07. The summed E-state index contributed by atoms with van der Waals surface area (Å²) in [6.07, 6.45) is 0. The van der Waals surface area contributed by atoms with E-state index in [-0.39, 0.29) is 11.6 Å². The quantitative estimate of drug-likeness (QED) is 0.842. The van der Waals surface area contributed by atoms with Crippen molar-refractivity contribution >= 4 is 27.9 Å². The van der Waals surface area contributed by atoms with Crippen LogP contribution in [0.25, 0.3) is 0 Å². The molecule has 1 aliphatic heterocycles. The standard InChI is InChI=1S/C17H21FN4OS/c1-12-16(15(23)11-22-9-7-21(2)8-10-22)24-17(19-12)20-14-5-3-13(18)4-6-14/h3-6H,7-11H2,1-2H3,(H,19,20). The molecule has 5 nitrogen and oxygen atoms in total. The van der Waals surface area contributed by atoms with Gasteiger partial charge in [0, 0.05) is 31.9 Å². The lowest BCUT2D eigenvalue weighted by atomic mass is 10.2. The summed E-state index contributed by atoms with van der Waals surface area (Å²) in [7, 11) is 2.10. The summed E-state index contributed by atoms with van der Waals surface area (Å²) >= 11 is 1.35. The maximum absolute atomic E-state index is 13.0. The molecule has 0 saturated carbocycles. The van der Waals surface area contributed by atoms with Crippen LogP contribution in [-0.4, -0.2) is 60.3 Å². The summed E-state index contributed by atoms with van der Waals surface area (Å²) < 4.78 is 13.0. The molecule has 0 spiro atoms. The number of hydrogen-bond acceptors (Lipinski definition) is 6. The van der Waals surface area contributed by atoms with Gasteiger partial charge in [0.25, 0.3) is 0 Å². The lowest BCUT2D eigenvalue weighted by Gasteiger charge is -2.31. The fourth-order valence-electron chi connectivity index (χ4n) is 2.65. The lowest BCUT2D eigenvalue weighted by molar-refractivity contribution is 0.0879. The number of aromatic nitrogens is 1. The molecule has 1 fully saturated rings. The molecule has 1 aromatic carbocycles. The smallest absolute Gasteiger partial charge is 0.188 e. The zero-order valence-corrected chi connectivity index (χ0v) is 14.7. The van der Waals surface area contributed by atoms with E-state index in [1.807, 2.05) is 6.92 Å². The van der Waals surface area contributed by atoms with Crippen molar-refractivity contribution in [2.75, 3.05) is 45.1 Å². The van der Waals surface area contributed by atoms with E-state index >= 15 is 0 Å². The number of benzene rings is 1. The van der Waals surface area contributed by atoms with Gasteiger partial charge >= 0.3 is 0 Å². The van der Waals surface area contributed by atoms with Gasteiger partial charge in [-0.1, -0.05) is 11.3 Å². The number of likely N-dealkylation sites (N-methyl/N-ethyl adjacent to an activating group) is 1. The van der Waals surface area contributed by atoms with Crippen molar-refractivity contribution in [1.82, 2.24) is 14.8 Å². The Balaban J connectivity index is 1.64. The minimum atomic E-state index is -0.279. The Bertz CT molecular complexity index is 708. The number of piperazine rings is 1. The molecule has 3 rings (SSSR count). The van der Waals surface area contributed by atoms with Gasteiger partial charge in [0.2, 0.25) is 0 Å². The molecular formula is C17H21FN4OS. The molecule has 2 aromatic rings. The number of halogens is 1. The van der Waals surface area contributed by atoms with Gasteiger partial charge in [0.1, 0.15) is 5.82 Å². The monoisotopic (exact) mass is 348 g/mol. The highest BCUT2D eigenvalue weighted by atomic mass is 32.1. The van der Waals surface area contributed by atoms with E-state index in [9.17, 15) is 9.18 Å². The highest BCUT2D eigenvalue weighted by molar-refractivity contribution is 7.17. The van der Waals surface area contributed by atoms with Crippen molar-refractivity contribution < 1.29 is 9.18 Å². The summed E-state index contributed by atoms with van der Waals surface area (Å²) in [5.74, 6) is -0.166. The Hall–Kier alpha value is -1.83. The number of rotatable bonds is 5. The predicted octanol–water partition coefficient (Wildman–Crippen LogP) is 2.76. The Kier molecular flexibility index (Phi) is 5.23. The minimum absolute atomic E-state index is 0.113. The number of Topliss-reactive ketones (excluding diaryl/α,β-unsaturated/α-hetero) is 1. The number of aryl methyl sites for hydroxylation is 1. The van der Waals surface area contributed by atoms with Crippen LogP contribution in [0.1, 0.15) is 15.4 Å². The fourth-order valence-corrected chi connectivity index (χ4v) is 3.56. The number of carbonyl (C=O) groups excluding carboxylic acids is 1. The zero-order valence-electron chi connectivity index (χ0n) is 13.9. The lowest BCUT2D eigenvalue weighted by Crippen LogP contribution is -2.46. The maximum Gasteiger partial charge on any atom is 0.188 e. The SMILES string of the molecule is Cc1nc(Nc2ccc(F)cc2)sc1C(=O)CN1CCN(C)CC1. The number of ketones is 1. The number of carbonyl (C=O) groups is 1. The first-order chi connectivity index (χ1) is 11.5. The maximum atomic E-state index is 13.0. The highest BCUT2D eigenvalue weighted by Gasteiger charge is 2.21. The molecule has 24 heavy (non-hydrogen) atoms. The first kappa shape index (κ1) is 17.0. The molecule has 2 heterocycles. The normalized spacial score (nSPS) is 16.3. The molecule has 1 saturated heterocycles. The van der Waals surface area contributed by atoms with E-state index < -0.39 is 0 Å². The van der Waals surface area contributed by atoms with Crippen molar-refractivity contribution in [3.8, 4) is 0 Å². The van der Waals surface area contributed by atoms with Gasteiger partial charge in [-0.15, -0.1) is 0 Å². The van der Waals surface area contributed by atoms with E-state index in [4.69, 9.17) is 0 Å². The van der Waals surface area contributed by atoms with Crippen LogP contribution < -0.4 is 5.32 Å². The Labute approximate surface area is 145 Å². The number of thiazole rings is 1. The van der Waals surface area contributed by atoms with Gasteiger partial charge in [-0.25, -0.2) is 9.37 Å². The molecule has 0 atom stereocenters. The second kappa shape index (κ2) is 7.38. The van der Waals surface area contributed by atoms with Crippen LogP contribution >= 0.6 is 11.3 Å². The van der Waals surface area contributed by atoms with Gasteiger partial charge in [-0.2, -0.15) is 0 Å². The molecule has 0 aliphatic carbocycles. The Morgan fingerprint density at radius 3 is 2.58 bits per heavy atom. The average Bonchev–Trinajstić information content (AvgIpc) is 2.92. The fraction of sp³-hybridized carbons (Fsp3) is 0.412. The molecule has 7 heteroatoms. The van der Waals surface area contributed by atoms with Gasteiger partial charge in [-0.3, -0.25) is 9.69 Å². The number of nitrogens with one attached hydrogen (secondary N) is 1. The molecule has 0 unspecified atom stereocenters. The minimum Gasteiger partial charge on any atom is -0.332 e. The number of anilines is 2. The molecule has 0 amide bonds. The van der Waals surface area contributed by atoms with Crippen molar-refractivity contribution in [3.63, 3.8) is 0 Å². The molecule has 128 valence electrons. The summed E-state index contributed by atoms with van der Waals surface area (Å²) in [5.41, 5.74) is 1.49. The van der Waals surface area contributed by atoms with E-state index in [0.29, 0.717) is 16.6 Å². The molecule has 1 aromatic heterocycles. The summed E-state index contributed by atoms with van der Waals surface area (Å²) in [5, 5.41) is 3.78. The first-order valence-electron chi connectivity index (χ1n) is 7.95. The van der Waals surface area contributed by atoms with Crippen molar-refractivity contribution in [2.24, 2.45) is 0 Å². The van der Waals surface area contributed by atoms with Crippen LogP contribution in [0.3, 0.4) is 0 Å². The van der Waals surface area contributed by atoms with E-state index in [2.05, 4.69) is 27.1 Å². The molecule has 1 N–H and O–H groups in total. The van der Waals surface area contributed by atoms with Gasteiger partial charge in [-0.05, 0) is 38.2 Å². The number of hydrogen-bond donors (Lipinski definition) is 1. The second-order valence-corrected chi connectivity index (χ2v) is 7.07. The highest BCUT2D eigenvalue weighted by Crippen LogP contribution is 2.26. The topological polar surface area (TPSA) is 48.5 Å². The van der Waals surface area contributed by atoms with Crippen molar-refractivity contribution in [3.05, 3.63) is 40.7 Å². The number of nitrogens with zero attached hydrogens (tertiary/aromatic N) is 3. The van der Waals surface area contributed by atoms with Crippen LogP contribution in [0.2, 0.25) is 0 Å². The van der Waals surface area contributed by atoms with Crippen molar-refractivity contribution in [2.45, 2.75) is 6.92 Å². The van der Waals surface area contributed by atoms with E-state index in [1.54, 1.807) is 12.1 Å².